The van der Waals surface area contributed by atoms with Crippen molar-refractivity contribution in [2.45, 2.75) is 61.8 Å². The molecule has 342 valence electrons. The van der Waals surface area contributed by atoms with Crippen LogP contribution < -0.4 is 0 Å². The first-order valence-electron chi connectivity index (χ1n) is 24.1. The fourth-order valence-electron chi connectivity index (χ4n) is 8.84. The van der Waals surface area contributed by atoms with Crippen molar-refractivity contribution in [2.24, 2.45) is 0 Å². The van der Waals surface area contributed by atoms with E-state index in [0.29, 0.717) is 0 Å². The molecule has 69 heavy (non-hydrogen) atoms. The normalized spacial score (nSPS) is 11.2. The molecule has 0 aliphatic rings. The highest BCUT2D eigenvalue weighted by molar-refractivity contribution is 6.28. The minimum atomic E-state index is 0.846. The first-order chi connectivity index (χ1) is 33.7. The Morgan fingerprint density at radius 1 is 0.464 bits per heavy atom. The molecule has 0 unspecified atom stereocenters. The molecular formula is C67H64N2. The van der Waals surface area contributed by atoms with E-state index in [-0.39, 0.29) is 0 Å². The molecule has 0 atom stereocenters. The monoisotopic (exact) mass is 897 g/mol. The molecule has 8 aromatic carbocycles. The minimum absolute atomic E-state index is 0.846. The maximum absolute atomic E-state index is 4.75. The smallest absolute Gasteiger partial charge is 0.0780 e. The number of nitrogens with zero attached hydrogens (tertiary/aromatic N) is 2. The van der Waals surface area contributed by atoms with Crippen molar-refractivity contribution in [3.05, 3.63) is 240 Å². The maximum Gasteiger partial charge on any atom is 0.0780 e. The topological polar surface area (TPSA) is 25.8 Å². The highest BCUT2D eigenvalue weighted by atomic mass is 14.7. The summed E-state index contributed by atoms with van der Waals surface area (Å²) in [4.78, 5) is 9.32. The number of aromatic nitrogens is 2. The average Bonchev–Trinajstić information content (AvgIpc) is 3.40. The van der Waals surface area contributed by atoms with E-state index in [4.69, 9.17) is 4.98 Å². The van der Waals surface area contributed by atoms with Gasteiger partial charge in [0, 0.05) is 34.5 Å². The number of aryl methyl sites for hydroxylation is 3. The van der Waals surface area contributed by atoms with Gasteiger partial charge in [0.05, 0.1) is 11.2 Å². The van der Waals surface area contributed by atoms with Crippen molar-refractivity contribution in [3.8, 4) is 33.4 Å². The van der Waals surface area contributed by atoms with E-state index < -0.39 is 0 Å². The molecule has 0 aliphatic heterocycles. The number of fused-ring (bicyclic) bond motifs is 1. The van der Waals surface area contributed by atoms with Crippen molar-refractivity contribution in [1.29, 1.82) is 0 Å². The summed E-state index contributed by atoms with van der Waals surface area (Å²) < 4.78 is 0. The lowest BCUT2D eigenvalue weighted by Gasteiger charge is -2.17. The Morgan fingerprint density at radius 2 is 1.09 bits per heavy atom. The Hall–Kier alpha value is -7.94. The molecular weight excluding hydrogens is 833 g/mol. The predicted molar refractivity (Wildman–Crippen MR) is 306 cm³/mol. The van der Waals surface area contributed by atoms with Crippen LogP contribution in [-0.4, -0.2) is 9.97 Å². The molecule has 0 saturated carbocycles. The fraction of sp³-hybridized carbons (Fsp3) is 0.134. The van der Waals surface area contributed by atoms with Gasteiger partial charge >= 0.3 is 0 Å². The predicted octanol–water partition coefficient (Wildman–Crippen LogP) is 19.3. The Labute approximate surface area is 410 Å². The van der Waals surface area contributed by atoms with Gasteiger partial charge in [-0.3, -0.25) is 9.97 Å². The highest BCUT2D eigenvalue weighted by Crippen LogP contribution is 2.43. The van der Waals surface area contributed by atoms with Gasteiger partial charge in [0.25, 0.3) is 0 Å². The van der Waals surface area contributed by atoms with Gasteiger partial charge in [0.1, 0.15) is 0 Å². The van der Waals surface area contributed by atoms with Crippen LogP contribution in [0.2, 0.25) is 0 Å². The Bertz CT molecular complexity index is 3460. The lowest BCUT2D eigenvalue weighted by atomic mass is 9.87. The second kappa shape index (κ2) is 23.2. The molecule has 0 saturated heterocycles. The van der Waals surface area contributed by atoms with Gasteiger partial charge in [-0.25, -0.2) is 0 Å². The summed E-state index contributed by atoms with van der Waals surface area (Å²) in [6.07, 6.45) is 20.9. The third kappa shape index (κ3) is 10.9. The molecule has 0 bridgehead atoms. The second-order valence-corrected chi connectivity index (χ2v) is 17.2. The van der Waals surface area contributed by atoms with Crippen LogP contribution >= 0.6 is 0 Å². The molecule has 0 aliphatic carbocycles. The molecule has 2 nitrogen and oxygen atoms in total. The SMILES string of the molecule is C/C=C\C.C/C=C\c1cc(CC)ccc1C.C/C=C\c1cccc(C)c1C.C=Cc1cc(-c2ccc(-c3ccc4ccc5c(-c6cccc7cccnc67)ccc6ccc3c4c65)cc2)cnc1C=C. The number of allylic oxidation sites excluding steroid dienone is 4. The zero-order valence-electron chi connectivity index (χ0n) is 41.6. The molecule has 0 amide bonds. The van der Waals surface area contributed by atoms with E-state index in [0.717, 1.165) is 45.3 Å². The first kappa shape index (κ1) is 49.0. The summed E-state index contributed by atoms with van der Waals surface area (Å²) in [5.41, 5.74) is 18.0. The molecule has 10 rings (SSSR count). The van der Waals surface area contributed by atoms with Crippen LogP contribution in [0, 0.1) is 20.8 Å². The maximum atomic E-state index is 4.75. The molecule has 10 aromatic rings. The third-order valence-corrected chi connectivity index (χ3v) is 12.9. The van der Waals surface area contributed by atoms with Crippen molar-refractivity contribution in [2.75, 3.05) is 0 Å². The minimum Gasteiger partial charge on any atom is -0.256 e. The lowest BCUT2D eigenvalue weighted by molar-refractivity contribution is 1.13. The van der Waals surface area contributed by atoms with Crippen molar-refractivity contribution in [1.82, 2.24) is 9.97 Å². The molecule has 0 spiro atoms. The van der Waals surface area contributed by atoms with Crippen molar-refractivity contribution >= 4 is 67.5 Å². The molecule has 0 fully saturated rings. The summed E-state index contributed by atoms with van der Waals surface area (Å²) in [5, 5.41) is 8.78. The third-order valence-electron chi connectivity index (χ3n) is 12.9. The number of hydrogen-bond acceptors (Lipinski definition) is 2. The van der Waals surface area contributed by atoms with Gasteiger partial charge in [-0.15, -0.1) is 0 Å². The van der Waals surface area contributed by atoms with Gasteiger partial charge in [-0.05, 0) is 161 Å². The number of benzene rings is 8. The standard InChI is InChI=1S/C40H26N2.C12H16.C11H14.C4H8/c1-3-25-23-31(24-42-37(25)4-2)26-10-12-27(13-11-26)32-18-14-28-17-21-35-33(19-15-29-16-20-34(32)38(28)39(29)35)36-9-5-7-30-8-6-22-41-40(30)36;1-4-6-12-9-11(5-2)8-7-10(12)3;1-4-6-11-8-5-7-9(2)10(11)3;1-3-4-2/h3-24H,1-2H2;4,6-9H,5H2,1-3H3;4-8H,1-3H3;3-4H,1-2H3/b;2*6-4-;4-3-. The van der Waals surface area contributed by atoms with Gasteiger partial charge in [-0.2, -0.15) is 0 Å². The van der Waals surface area contributed by atoms with Gasteiger partial charge in [-0.1, -0.05) is 196 Å². The van der Waals surface area contributed by atoms with Crippen LogP contribution in [0.3, 0.4) is 0 Å². The van der Waals surface area contributed by atoms with Crippen molar-refractivity contribution in [3.63, 3.8) is 0 Å². The molecule has 0 N–H and O–H groups in total. The first-order valence-corrected chi connectivity index (χ1v) is 24.1. The van der Waals surface area contributed by atoms with E-state index in [9.17, 15) is 0 Å². The second-order valence-electron chi connectivity index (χ2n) is 17.2. The summed E-state index contributed by atoms with van der Waals surface area (Å²) in [6.45, 7) is 24.5. The van der Waals surface area contributed by atoms with Crippen LogP contribution in [0.15, 0.2) is 195 Å². The Kier molecular flexibility index (Phi) is 16.5. The Morgan fingerprint density at radius 3 is 1.74 bits per heavy atom. The van der Waals surface area contributed by atoms with E-state index in [1.165, 1.54) is 82.4 Å². The fourth-order valence-corrected chi connectivity index (χ4v) is 8.84. The van der Waals surface area contributed by atoms with Gasteiger partial charge < -0.3 is 0 Å². The van der Waals surface area contributed by atoms with Gasteiger partial charge in [0.2, 0.25) is 0 Å². The molecule has 2 heteroatoms. The number of pyridine rings is 2. The van der Waals surface area contributed by atoms with Crippen LogP contribution in [0.1, 0.15) is 79.3 Å². The number of para-hydroxylation sites is 1. The molecule has 2 heterocycles. The summed E-state index contributed by atoms with van der Waals surface area (Å²) >= 11 is 0. The van der Waals surface area contributed by atoms with E-state index in [1.54, 1.807) is 6.08 Å². The van der Waals surface area contributed by atoms with Crippen LogP contribution in [0.5, 0.6) is 0 Å². The van der Waals surface area contributed by atoms with Crippen molar-refractivity contribution < 1.29 is 0 Å². The summed E-state index contributed by atoms with van der Waals surface area (Å²) in [7, 11) is 0. The van der Waals surface area contributed by atoms with E-state index in [1.807, 2.05) is 57.5 Å². The zero-order valence-corrected chi connectivity index (χ0v) is 41.6. The van der Waals surface area contributed by atoms with Gasteiger partial charge in [0.15, 0.2) is 0 Å². The van der Waals surface area contributed by atoms with E-state index >= 15 is 0 Å². The van der Waals surface area contributed by atoms with Crippen LogP contribution in [0.25, 0.3) is 101 Å². The summed E-state index contributed by atoms with van der Waals surface area (Å²) in [5.74, 6) is 0. The number of hydrogen-bond donors (Lipinski definition) is 0. The lowest BCUT2D eigenvalue weighted by Crippen LogP contribution is -1.91. The summed E-state index contributed by atoms with van der Waals surface area (Å²) in [6, 6.07) is 52.6. The Balaban J connectivity index is 0.000000212. The molecule has 2 aromatic heterocycles. The highest BCUT2D eigenvalue weighted by Gasteiger charge is 2.16. The quantitative estimate of drug-likeness (QED) is 0.112. The largest absolute Gasteiger partial charge is 0.256 e. The number of rotatable bonds is 8. The van der Waals surface area contributed by atoms with E-state index in [2.05, 4.69) is 217 Å². The van der Waals surface area contributed by atoms with Crippen LogP contribution in [0.4, 0.5) is 0 Å². The van der Waals surface area contributed by atoms with Crippen LogP contribution in [-0.2, 0) is 6.42 Å². The molecule has 0 radical (unpaired) electrons. The average molecular weight is 897 g/mol. The zero-order chi connectivity index (χ0) is 48.9.